The molecule has 0 aliphatic rings. The van der Waals surface area contributed by atoms with E-state index in [0.29, 0.717) is 12.2 Å². The van der Waals surface area contributed by atoms with Crippen molar-refractivity contribution >= 4 is 27.5 Å². The third-order valence-corrected chi connectivity index (χ3v) is 4.86. The van der Waals surface area contributed by atoms with Crippen LogP contribution in [0.5, 0.6) is 0 Å². The summed E-state index contributed by atoms with van der Waals surface area (Å²) in [5.74, 6) is -0.519. The Kier molecular flexibility index (Phi) is 5.85. The van der Waals surface area contributed by atoms with Gasteiger partial charge in [-0.15, -0.1) is 5.10 Å². The highest BCUT2D eigenvalue weighted by Gasteiger charge is 2.25. The molecule has 1 aromatic carbocycles. The van der Waals surface area contributed by atoms with Crippen LogP contribution in [0.4, 0.5) is 5.69 Å². The summed E-state index contributed by atoms with van der Waals surface area (Å²) in [4.78, 5) is 20.2. The van der Waals surface area contributed by atoms with Crippen LogP contribution in [0.1, 0.15) is 22.8 Å². The van der Waals surface area contributed by atoms with Crippen molar-refractivity contribution in [1.82, 2.24) is 19.6 Å². The van der Waals surface area contributed by atoms with E-state index >= 15 is 0 Å². The van der Waals surface area contributed by atoms with Crippen LogP contribution in [0, 0.1) is 6.92 Å². The first-order valence-corrected chi connectivity index (χ1v) is 9.95. The summed E-state index contributed by atoms with van der Waals surface area (Å²) in [5, 5.41) is 3.46. The van der Waals surface area contributed by atoms with E-state index in [-0.39, 0.29) is 30.2 Å². The summed E-state index contributed by atoms with van der Waals surface area (Å²) in [6, 6.07) is 6.39. The SMILES string of the molecule is CCOCCOC(=O)c1cccc(C)c1NS(=O)(=O)c1nc2ncccn2n1. The molecule has 0 bridgehead atoms. The maximum atomic E-state index is 12.7. The van der Waals surface area contributed by atoms with Gasteiger partial charge < -0.3 is 9.47 Å². The number of carbonyl (C=O) groups excluding carboxylic acids is 1. The maximum Gasteiger partial charge on any atom is 0.340 e. The quantitative estimate of drug-likeness (QED) is 0.441. The number of nitrogens with zero attached hydrogens (tertiary/aromatic N) is 4. The maximum absolute atomic E-state index is 12.7. The first kappa shape index (κ1) is 19.7. The smallest absolute Gasteiger partial charge is 0.340 e. The van der Waals surface area contributed by atoms with Gasteiger partial charge in [0.1, 0.15) is 6.61 Å². The van der Waals surface area contributed by atoms with Crippen molar-refractivity contribution in [2.45, 2.75) is 19.0 Å². The number of anilines is 1. The number of hydrogen-bond acceptors (Lipinski definition) is 8. The first-order valence-electron chi connectivity index (χ1n) is 8.47. The zero-order chi connectivity index (χ0) is 20.1. The second-order valence-electron chi connectivity index (χ2n) is 5.69. The van der Waals surface area contributed by atoms with Crippen molar-refractivity contribution in [3.63, 3.8) is 0 Å². The van der Waals surface area contributed by atoms with Crippen LogP contribution in [0.2, 0.25) is 0 Å². The molecule has 0 saturated heterocycles. The molecule has 11 heteroatoms. The summed E-state index contributed by atoms with van der Waals surface area (Å²) in [5.41, 5.74) is 0.738. The summed E-state index contributed by atoms with van der Waals surface area (Å²) in [6.45, 7) is 4.33. The van der Waals surface area contributed by atoms with Gasteiger partial charge in [-0.2, -0.15) is 13.4 Å². The van der Waals surface area contributed by atoms with Crippen LogP contribution in [0.3, 0.4) is 0 Å². The molecule has 28 heavy (non-hydrogen) atoms. The number of nitrogens with one attached hydrogen (secondary N) is 1. The second-order valence-corrected chi connectivity index (χ2v) is 7.27. The van der Waals surface area contributed by atoms with Gasteiger partial charge in [-0.3, -0.25) is 4.72 Å². The van der Waals surface area contributed by atoms with Gasteiger partial charge in [-0.05, 0) is 31.5 Å². The molecule has 0 aliphatic carbocycles. The van der Waals surface area contributed by atoms with Gasteiger partial charge in [0, 0.05) is 19.0 Å². The van der Waals surface area contributed by atoms with Gasteiger partial charge in [0.15, 0.2) is 0 Å². The topological polar surface area (TPSA) is 125 Å². The van der Waals surface area contributed by atoms with Crippen LogP contribution in [0.25, 0.3) is 5.78 Å². The number of sulfonamides is 1. The summed E-state index contributed by atoms with van der Waals surface area (Å²) < 4.78 is 39.4. The number of carbonyl (C=O) groups is 1. The van der Waals surface area contributed by atoms with E-state index in [0.717, 1.165) is 0 Å². The largest absolute Gasteiger partial charge is 0.460 e. The van der Waals surface area contributed by atoms with Crippen molar-refractivity contribution in [3.05, 3.63) is 47.8 Å². The van der Waals surface area contributed by atoms with Crippen LogP contribution in [0.15, 0.2) is 41.8 Å². The lowest BCUT2D eigenvalue weighted by Gasteiger charge is -2.13. The molecule has 0 atom stereocenters. The fourth-order valence-electron chi connectivity index (χ4n) is 2.40. The molecule has 0 unspecified atom stereocenters. The number of benzene rings is 1. The van der Waals surface area contributed by atoms with Crippen molar-refractivity contribution in [2.24, 2.45) is 0 Å². The Bertz CT molecular complexity index is 1060. The van der Waals surface area contributed by atoms with E-state index in [1.807, 2.05) is 6.92 Å². The van der Waals surface area contributed by atoms with Crippen LogP contribution in [-0.2, 0) is 19.5 Å². The minimum Gasteiger partial charge on any atom is -0.460 e. The number of hydrogen-bond donors (Lipinski definition) is 1. The monoisotopic (exact) mass is 405 g/mol. The average Bonchev–Trinajstić information content (AvgIpc) is 3.12. The van der Waals surface area contributed by atoms with E-state index in [1.54, 1.807) is 25.1 Å². The highest BCUT2D eigenvalue weighted by Crippen LogP contribution is 2.24. The summed E-state index contributed by atoms with van der Waals surface area (Å²) in [7, 11) is -4.15. The van der Waals surface area contributed by atoms with Gasteiger partial charge in [-0.1, -0.05) is 12.1 Å². The third kappa shape index (κ3) is 4.26. The van der Waals surface area contributed by atoms with Crippen LogP contribution in [-0.4, -0.2) is 53.8 Å². The predicted molar refractivity (Wildman–Crippen MR) is 99.5 cm³/mol. The van der Waals surface area contributed by atoms with Gasteiger partial charge in [0.2, 0.25) is 0 Å². The molecule has 0 radical (unpaired) electrons. The van der Waals surface area contributed by atoms with E-state index in [1.165, 1.54) is 23.0 Å². The van der Waals surface area contributed by atoms with Gasteiger partial charge in [0.05, 0.1) is 17.9 Å². The van der Waals surface area contributed by atoms with Gasteiger partial charge in [-0.25, -0.2) is 14.3 Å². The van der Waals surface area contributed by atoms with Crippen LogP contribution >= 0.6 is 0 Å². The number of ether oxygens (including phenoxy) is 2. The molecule has 2 aromatic heterocycles. The van der Waals surface area contributed by atoms with Crippen molar-refractivity contribution in [3.8, 4) is 0 Å². The molecule has 0 amide bonds. The van der Waals surface area contributed by atoms with Crippen molar-refractivity contribution < 1.29 is 22.7 Å². The normalized spacial score (nSPS) is 11.5. The molecule has 0 aliphatic heterocycles. The number of para-hydroxylation sites is 1. The minimum atomic E-state index is -4.15. The molecule has 3 rings (SSSR count). The summed E-state index contributed by atoms with van der Waals surface area (Å²) >= 11 is 0. The number of aryl methyl sites for hydroxylation is 1. The Morgan fingerprint density at radius 3 is 2.82 bits per heavy atom. The number of fused-ring (bicyclic) bond motifs is 1. The lowest BCUT2D eigenvalue weighted by Crippen LogP contribution is -2.19. The lowest BCUT2D eigenvalue weighted by atomic mass is 10.1. The van der Waals surface area contributed by atoms with E-state index in [9.17, 15) is 13.2 Å². The molecule has 1 N–H and O–H groups in total. The first-order chi connectivity index (χ1) is 13.4. The van der Waals surface area contributed by atoms with E-state index in [2.05, 4.69) is 19.8 Å². The third-order valence-electron chi connectivity index (χ3n) is 3.73. The zero-order valence-corrected chi connectivity index (χ0v) is 16.1. The molecule has 148 valence electrons. The van der Waals surface area contributed by atoms with Crippen molar-refractivity contribution in [2.75, 3.05) is 24.5 Å². The van der Waals surface area contributed by atoms with Crippen molar-refractivity contribution in [1.29, 1.82) is 0 Å². The Balaban J connectivity index is 1.87. The Morgan fingerprint density at radius 2 is 2.07 bits per heavy atom. The Hall–Kier alpha value is -3.05. The zero-order valence-electron chi connectivity index (χ0n) is 15.3. The summed E-state index contributed by atoms with van der Waals surface area (Å²) in [6.07, 6.45) is 3.01. The van der Waals surface area contributed by atoms with Gasteiger partial charge in [0.25, 0.3) is 21.0 Å². The molecule has 10 nitrogen and oxygen atoms in total. The van der Waals surface area contributed by atoms with E-state index < -0.39 is 21.1 Å². The molecule has 0 saturated carbocycles. The lowest BCUT2D eigenvalue weighted by molar-refractivity contribution is 0.0336. The fourth-order valence-corrected chi connectivity index (χ4v) is 3.42. The van der Waals surface area contributed by atoms with Gasteiger partial charge >= 0.3 is 5.97 Å². The standard InChI is InChI=1S/C17H19N5O5S/c1-3-26-10-11-27-15(23)13-7-4-6-12(2)14(13)21-28(24,25)17-19-16-18-8-5-9-22(16)20-17/h4-9,21H,3,10-11H2,1-2H3. The minimum absolute atomic E-state index is 0.0620. The number of aromatic nitrogens is 4. The average molecular weight is 405 g/mol. The number of esters is 1. The second kappa shape index (κ2) is 8.31. The Labute approximate surface area is 161 Å². The van der Waals surface area contributed by atoms with Crippen LogP contribution < -0.4 is 4.72 Å². The molecule has 3 aromatic rings. The van der Waals surface area contributed by atoms with E-state index in [4.69, 9.17) is 9.47 Å². The highest BCUT2D eigenvalue weighted by molar-refractivity contribution is 7.92. The molecular formula is C17H19N5O5S. The molecular weight excluding hydrogens is 386 g/mol. The molecule has 0 fully saturated rings. The number of rotatable bonds is 8. The molecule has 2 heterocycles. The highest BCUT2D eigenvalue weighted by atomic mass is 32.2. The Morgan fingerprint density at radius 1 is 1.25 bits per heavy atom. The predicted octanol–water partition coefficient (Wildman–Crippen LogP) is 1.43. The molecule has 0 spiro atoms. The fraction of sp³-hybridized carbons (Fsp3) is 0.294.